The Morgan fingerprint density at radius 2 is 2.08 bits per heavy atom. The number of carbonyl (C=O) groups is 1. The lowest BCUT2D eigenvalue weighted by molar-refractivity contribution is 0.0936. The van der Waals surface area contributed by atoms with Crippen LogP contribution in [-0.2, 0) is 6.54 Å². The van der Waals surface area contributed by atoms with Crippen LogP contribution in [0.4, 0.5) is 0 Å². The monoisotopic (exact) mass is 334 g/mol. The summed E-state index contributed by atoms with van der Waals surface area (Å²) >= 11 is 0. The Bertz CT molecular complexity index is 1030. The molecule has 0 radical (unpaired) electrons. The zero-order valence-corrected chi connectivity index (χ0v) is 14.1. The number of benzene rings is 2. The Labute approximate surface area is 144 Å². The largest absolute Gasteiger partial charge is 0.459 e. The first-order valence-corrected chi connectivity index (χ1v) is 8.28. The lowest BCUT2D eigenvalue weighted by atomic mass is 10.1. The van der Waals surface area contributed by atoms with Crippen LogP contribution in [0.5, 0.6) is 0 Å². The number of carbonyl (C=O) groups excluding carboxylic acids is 1. The fourth-order valence-electron chi connectivity index (χ4n) is 2.91. The molecule has 1 atom stereocenters. The van der Waals surface area contributed by atoms with E-state index < -0.39 is 0 Å². The van der Waals surface area contributed by atoms with E-state index in [2.05, 4.69) is 15.6 Å². The van der Waals surface area contributed by atoms with Crippen molar-refractivity contribution in [3.63, 3.8) is 0 Å². The molecule has 25 heavy (non-hydrogen) atoms. The quantitative estimate of drug-likeness (QED) is 0.618. The number of aryl methyl sites for hydroxylation is 1. The Morgan fingerprint density at radius 3 is 2.88 bits per heavy atom. The number of nitrogens with one attached hydrogen (secondary N) is 1. The molecule has 4 aromatic rings. The van der Waals surface area contributed by atoms with Gasteiger partial charge in [0.25, 0.3) is 5.91 Å². The number of amides is 1. The van der Waals surface area contributed by atoms with E-state index in [4.69, 9.17) is 4.42 Å². The number of furan rings is 1. The fraction of sp³-hybridized carbons (Fsp3) is 0.211. The molecule has 0 aliphatic heterocycles. The van der Waals surface area contributed by atoms with Crippen molar-refractivity contribution in [2.45, 2.75) is 26.4 Å². The molecule has 0 fully saturated rings. The highest BCUT2D eigenvalue weighted by Gasteiger charge is 2.16. The van der Waals surface area contributed by atoms with Crippen molar-refractivity contribution in [1.29, 1.82) is 0 Å². The average Bonchev–Trinajstić information content (AvgIpc) is 3.24. The minimum absolute atomic E-state index is 0.166. The Kier molecular flexibility index (Phi) is 3.72. The highest BCUT2D eigenvalue weighted by molar-refractivity contribution is 5.97. The third-order valence-electron chi connectivity index (χ3n) is 4.29. The molecule has 0 spiro atoms. The van der Waals surface area contributed by atoms with Crippen LogP contribution in [0.15, 0.2) is 52.9 Å². The van der Waals surface area contributed by atoms with Gasteiger partial charge in [-0.1, -0.05) is 23.4 Å². The molecule has 2 aromatic heterocycles. The maximum absolute atomic E-state index is 12.6. The van der Waals surface area contributed by atoms with E-state index in [0.29, 0.717) is 11.1 Å². The molecule has 4 rings (SSSR count). The molecule has 0 bridgehead atoms. The fourth-order valence-corrected chi connectivity index (χ4v) is 2.91. The normalized spacial score (nSPS) is 12.6. The number of para-hydroxylation sites is 1. The van der Waals surface area contributed by atoms with Crippen molar-refractivity contribution in [1.82, 2.24) is 20.3 Å². The van der Waals surface area contributed by atoms with Crippen molar-refractivity contribution < 1.29 is 9.21 Å². The topological polar surface area (TPSA) is 73.0 Å². The van der Waals surface area contributed by atoms with Gasteiger partial charge >= 0.3 is 0 Å². The smallest absolute Gasteiger partial charge is 0.251 e. The van der Waals surface area contributed by atoms with E-state index in [0.717, 1.165) is 28.8 Å². The first-order chi connectivity index (χ1) is 12.2. The van der Waals surface area contributed by atoms with Crippen LogP contribution in [0.3, 0.4) is 0 Å². The van der Waals surface area contributed by atoms with E-state index in [9.17, 15) is 4.79 Å². The maximum Gasteiger partial charge on any atom is 0.251 e. The molecule has 1 N–H and O–H groups in total. The lowest BCUT2D eigenvalue weighted by Crippen LogP contribution is -2.26. The van der Waals surface area contributed by atoms with Gasteiger partial charge in [0.2, 0.25) is 0 Å². The third-order valence-corrected chi connectivity index (χ3v) is 4.29. The van der Waals surface area contributed by atoms with E-state index in [1.54, 1.807) is 16.8 Å². The van der Waals surface area contributed by atoms with Crippen molar-refractivity contribution in [3.05, 3.63) is 59.9 Å². The second-order valence-corrected chi connectivity index (χ2v) is 5.99. The molecule has 126 valence electrons. The summed E-state index contributed by atoms with van der Waals surface area (Å²) in [5, 5.41) is 12.2. The summed E-state index contributed by atoms with van der Waals surface area (Å²) in [6.07, 6.45) is 0. The van der Waals surface area contributed by atoms with Gasteiger partial charge in [-0.2, -0.15) is 0 Å². The van der Waals surface area contributed by atoms with E-state index >= 15 is 0 Å². The van der Waals surface area contributed by atoms with Gasteiger partial charge in [0, 0.05) is 17.5 Å². The standard InChI is InChI=1S/C19H18N4O2/c1-3-23-16-9-8-14(10-15(16)21-22-23)19(24)20-12(2)18-11-13-6-4-5-7-17(13)25-18/h4-12H,3H2,1-2H3,(H,20,24)/t12-/m0/s1. The highest BCUT2D eigenvalue weighted by atomic mass is 16.3. The molecule has 0 saturated heterocycles. The predicted molar refractivity (Wildman–Crippen MR) is 95.3 cm³/mol. The average molecular weight is 334 g/mol. The van der Waals surface area contributed by atoms with Crippen LogP contribution < -0.4 is 5.32 Å². The molecule has 0 unspecified atom stereocenters. The van der Waals surface area contributed by atoms with Crippen LogP contribution in [0.25, 0.3) is 22.0 Å². The maximum atomic E-state index is 12.6. The SMILES string of the molecule is CCn1nnc2cc(C(=O)N[C@@H](C)c3cc4ccccc4o3)ccc21. The molecule has 2 heterocycles. The second kappa shape index (κ2) is 6.05. The summed E-state index contributed by atoms with van der Waals surface area (Å²) < 4.78 is 7.61. The predicted octanol–water partition coefficient (Wildman–Crippen LogP) is 3.69. The minimum atomic E-state index is -0.234. The number of aromatic nitrogens is 3. The Balaban J connectivity index is 1.56. The molecule has 2 aromatic carbocycles. The van der Waals surface area contributed by atoms with Crippen molar-refractivity contribution in [2.75, 3.05) is 0 Å². The molecule has 0 saturated carbocycles. The summed E-state index contributed by atoms with van der Waals surface area (Å²) in [7, 11) is 0. The number of nitrogens with zero attached hydrogens (tertiary/aromatic N) is 3. The van der Waals surface area contributed by atoms with Gasteiger partial charge in [-0.15, -0.1) is 5.10 Å². The summed E-state index contributed by atoms with van der Waals surface area (Å²) in [5.74, 6) is 0.563. The molecule has 0 aliphatic carbocycles. The molecule has 1 amide bonds. The van der Waals surface area contributed by atoms with Gasteiger partial charge in [-0.05, 0) is 44.2 Å². The third kappa shape index (κ3) is 2.76. The summed E-state index contributed by atoms with van der Waals surface area (Å²) in [4.78, 5) is 12.6. The van der Waals surface area contributed by atoms with Crippen LogP contribution in [0, 0.1) is 0 Å². The van der Waals surface area contributed by atoms with Crippen LogP contribution in [0.2, 0.25) is 0 Å². The minimum Gasteiger partial charge on any atom is -0.459 e. The first kappa shape index (κ1) is 15.4. The summed E-state index contributed by atoms with van der Waals surface area (Å²) in [6.45, 7) is 4.65. The van der Waals surface area contributed by atoms with Crippen LogP contribution in [0.1, 0.15) is 36.0 Å². The van der Waals surface area contributed by atoms with Crippen LogP contribution in [-0.4, -0.2) is 20.9 Å². The molecule has 6 nitrogen and oxygen atoms in total. The zero-order valence-electron chi connectivity index (χ0n) is 14.1. The van der Waals surface area contributed by atoms with E-state index in [1.807, 2.05) is 50.2 Å². The van der Waals surface area contributed by atoms with Gasteiger partial charge < -0.3 is 9.73 Å². The summed E-state index contributed by atoms with van der Waals surface area (Å²) in [6, 6.07) is 14.9. The van der Waals surface area contributed by atoms with E-state index in [1.165, 1.54) is 0 Å². The number of hydrogen-bond acceptors (Lipinski definition) is 4. The molecule has 0 aliphatic rings. The van der Waals surface area contributed by atoms with Gasteiger partial charge in [-0.25, -0.2) is 4.68 Å². The van der Waals surface area contributed by atoms with Gasteiger partial charge in [0.15, 0.2) is 0 Å². The highest BCUT2D eigenvalue weighted by Crippen LogP contribution is 2.24. The Morgan fingerprint density at radius 1 is 1.24 bits per heavy atom. The first-order valence-electron chi connectivity index (χ1n) is 8.28. The number of hydrogen-bond donors (Lipinski definition) is 1. The van der Waals surface area contributed by atoms with Gasteiger partial charge in [0.1, 0.15) is 16.9 Å². The Hall–Kier alpha value is -3.15. The lowest BCUT2D eigenvalue weighted by Gasteiger charge is -2.11. The van der Waals surface area contributed by atoms with Gasteiger partial charge in [0.05, 0.1) is 11.6 Å². The molecular weight excluding hydrogens is 316 g/mol. The number of fused-ring (bicyclic) bond motifs is 2. The van der Waals surface area contributed by atoms with Crippen molar-refractivity contribution >= 4 is 27.9 Å². The van der Waals surface area contributed by atoms with Crippen LogP contribution >= 0.6 is 0 Å². The van der Waals surface area contributed by atoms with Gasteiger partial charge in [-0.3, -0.25) is 4.79 Å². The second-order valence-electron chi connectivity index (χ2n) is 5.99. The molecular formula is C19H18N4O2. The number of rotatable bonds is 4. The summed E-state index contributed by atoms with van der Waals surface area (Å²) in [5.41, 5.74) is 3.00. The van der Waals surface area contributed by atoms with Crippen molar-refractivity contribution in [2.24, 2.45) is 0 Å². The zero-order chi connectivity index (χ0) is 17.4. The molecule has 6 heteroatoms. The van der Waals surface area contributed by atoms with Crippen molar-refractivity contribution in [3.8, 4) is 0 Å². The van der Waals surface area contributed by atoms with E-state index in [-0.39, 0.29) is 11.9 Å².